The van der Waals surface area contributed by atoms with Gasteiger partial charge in [0.15, 0.2) is 0 Å². The number of hydrogen-bond acceptors (Lipinski definition) is 3. The molecule has 0 spiro atoms. The fourth-order valence-corrected chi connectivity index (χ4v) is 2.84. The number of benzene rings is 1. The van der Waals surface area contributed by atoms with Crippen molar-refractivity contribution in [2.24, 2.45) is 0 Å². The molecule has 1 N–H and O–H groups in total. The lowest BCUT2D eigenvalue weighted by Gasteiger charge is -2.14. The number of ether oxygens (including phenoxy) is 2. The molecular formula is C16H24ClNO2. The zero-order valence-corrected chi connectivity index (χ0v) is 12.9. The van der Waals surface area contributed by atoms with E-state index in [0.717, 1.165) is 37.4 Å². The Hall–Kier alpha value is -0.610. The van der Waals surface area contributed by atoms with E-state index in [9.17, 15) is 0 Å². The summed E-state index contributed by atoms with van der Waals surface area (Å²) in [6.07, 6.45) is 4.55. The molecule has 112 valence electrons. The summed E-state index contributed by atoms with van der Waals surface area (Å²) in [4.78, 5) is 0. The molecule has 1 unspecified atom stereocenters. The normalized spacial score (nSPS) is 17.4. The minimum absolute atomic E-state index is 0.497. The van der Waals surface area contributed by atoms with Crippen molar-refractivity contribution in [3.05, 3.63) is 34.3 Å². The predicted octanol–water partition coefficient (Wildman–Crippen LogP) is 3.36. The lowest BCUT2D eigenvalue weighted by Crippen LogP contribution is -2.20. The summed E-state index contributed by atoms with van der Waals surface area (Å²) in [5.41, 5.74) is 2.82. The molecule has 0 aliphatic heterocycles. The summed E-state index contributed by atoms with van der Waals surface area (Å²) in [5, 5.41) is 4.48. The van der Waals surface area contributed by atoms with Gasteiger partial charge in [0.1, 0.15) is 0 Å². The van der Waals surface area contributed by atoms with Gasteiger partial charge in [-0.15, -0.1) is 0 Å². The first-order valence-corrected chi connectivity index (χ1v) is 7.77. The highest BCUT2D eigenvalue weighted by molar-refractivity contribution is 6.30. The summed E-state index contributed by atoms with van der Waals surface area (Å²) < 4.78 is 10.4. The molecule has 1 aromatic carbocycles. The molecule has 4 heteroatoms. The van der Waals surface area contributed by atoms with Crippen molar-refractivity contribution < 1.29 is 9.47 Å². The van der Waals surface area contributed by atoms with Gasteiger partial charge in [0.25, 0.3) is 0 Å². The molecule has 0 bridgehead atoms. The molecule has 2 rings (SSSR count). The van der Waals surface area contributed by atoms with E-state index in [1.54, 1.807) is 7.11 Å². The number of fused-ring (bicyclic) bond motifs is 1. The summed E-state index contributed by atoms with van der Waals surface area (Å²) in [6.45, 7) is 3.24. The number of methoxy groups -OCH3 is 1. The lowest BCUT2D eigenvalue weighted by atomic mass is 10.1. The first-order chi connectivity index (χ1) is 9.81. The minimum Gasteiger partial charge on any atom is -0.382 e. The minimum atomic E-state index is 0.497. The van der Waals surface area contributed by atoms with E-state index in [0.29, 0.717) is 19.3 Å². The van der Waals surface area contributed by atoms with Crippen molar-refractivity contribution in [2.75, 3.05) is 33.5 Å². The van der Waals surface area contributed by atoms with Crippen molar-refractivity contribution in [1.82, 2.24) is 5.32 Å². The third-order valence-corrected chi connectivity index (χ3v) is 3.96. The van der Waals surface area contributed by atoms with Crippen LogP contribution in [-0.2, 0) is 15.9 Å². The van der Waals surface area contributed by atoms with Crippen LogP contribution < -0.4 is 5.32 Å². The largest absolute Gasteiger partial charge is 0.382 e. The summed E-state index contributed by atoms with van der Waals surface area (Å²) >= 11 is 6.03. The maximum absolute atomic E-state index is 6.03. The van der Waals surface area contributed by atoms with Crippen molar-refractivity contribution in [1.29, 1.82) is 0 Å². The fraction of sp³-hybridized carbons (Fsp3) is 0.625. The first-order valence-electron chi connectivity index (χ1n) is 7.39. The van der Waals surface area contributed by atoms with Crippen LogP contribution in [0.3, 0.4) is 0 Å². The number of nitrogens with one attached hydrogen (secondary N) is 1. The quantitative estimate of drug-likeness (QED) is 0.709. The Morgan fingerprint density at radius 1 is 1.25 bits per heavy atom. The summed E-state index contributed by atoms with van der Waals surface area (Å²) in [6, 6.07) is 6.75. The zero-order valence-electron chi connectivity index (χ0n) is 12.2. The second-order valence-electron chi connectivity index (χ2n) is 5.20. The van der Waals surface area contributed by atoms with Gasteiger partial charge in [0, 0.05) is 24.8 Å². The zero-order chi connectivity index (χ0) is 14.2. The molecule has 0 amide bonds. The number of aryl methyl sites for hydroxylation is 1. The highest BCUT2D eigenvalue weighted by Gasteiger charge is 2.21. The van der Waals surface area contributed by atoms with Crippen LogP contribution in [0.1, 0.15) is 36.4 Å². The van der Waals surface area contributed by atoms with E-state index in [1.165, 1.54) is 17.5 Å². The topological polar surface area (TPSA) is 30.5 Å². The molecule has 0 saturated heterocycles. The van der Waals surface area contributed by atoms with Gasteiger partial charge in [0.05, 0.1) is 13.2 Å². The molecule has 1 aliphatic carbocycles. The lowest BCUT2D eigenvalue weighted by molar-refractivity contribution is 0.0687. The van der Waals surface area contributed by atoms with E-state index in [-0.39, 0.29) is 0 Å². The molecular weight excluding hydrogens is 274 g/mol. The third kappa shape index (κ3) is 4.74. The molecule has 1 atom stereocenters. The Bertz CT molecular complexity index is 411. The molecule has 0 radical (unpaired) electrons. The Labute approximate surface area is 126 Å². The van der Waals surface area contributed by atoms with Gasteiger partial charge in [-0.1, -0.05) is 17.7 Å². The molecule has 0 saturated carbocycles. The standard InChI is InChI=1S/C16H24ClNO2/c1-19-10-11-20-9-3-2-8-18-16-7-4-13-12-14(17)5-6-15(13)16/h5-6,12,16,18H,2-4,7-11H2,1H3. The average molecular weight is 298 g/mol. The molecule has 1 aliphatic rings. The smallest absolute Gasteiger partial charge is 0.0700 e. The predicted molar refractivity (Wildman–Crippen MR) is 82.4 cm³/mol. The van der Waals surface area contributed by atoms with Gasteiger partial charge < -0.3 is 14.8 Å². The number of unbranched alkanes of at least 4 members (excludes halogenated alkanes) is 1. The maximum Gasteiger partial charge on any atom is 0.0700 e. The number of rotatable bonds is 9. The van der Waals surface area contributed by atoms with Gasteiger partial charge in [0.2, 0.25) is 0 Å². The van der Waals surface area contributed by atoms with Gasteiger partial charge in [-0.05, 0) is 55.5 Å². The average Bonchev–Trinajstić information content (AvgIpc) is 2.84. The second-order valence-corrected chi connectivity index (χ2v) is 5.64. The van der Waals surface area contributed by atoms with Crippen molar-refractivity contribution in [3.63, 3.8) is 0 Å². The van der Waals surface area contributed by atoms with E-state index in [1.807, 2.05) is 6.07 Å². The van der Waals surface area contributed by atoms with Crippen LogP contribution in [0.4, 0.5) is 0 Å². The number of halogens is 1. The van der Waals surface area contributed by atoms with Crippen LogP contribution >= 0.6 is 11.6 Å². The summed E-state index contributed by atoms with van der Waals surface area (Å²) in [5.74, 6) is 0. The van der Waals surface area contributed by atoms with Gasteiger partial charge in [-0.3, -0.25) is 0 Å². The van der Waals surface area contributed by atoms with Crippen LogP contribution in [0, 0.1) is 0 Å². The van der Waals surface area contributed by atoms with Crippen molar-refractivity contribution in [3.8, 4) is 0 Å². The first kappa shape index (κ1) is 15.8. The Morgan fingerprint density at radius 3 is 3.00 bits per heavy atom. The van der Waals surface area contributed by atoms with E-state index in [4.69, 9.17) is 21.1 Å². The monoisotopic (exact) mass is 297 g/mol. The molecule has 20 heavy (non-hydrogen) atoms. The van der Waals surface area contributed by atoms with E-state index < -0.39 is 0 Å². The summed E-state index contributed by atoms with van der Waals surface area (Å²) in [7, 11) is 1.69. The van der Waals surface area contributed by atoms with Crippen molar-refractivity contribution >= 4 is 11.6 Å². The van der Waals surface area contributed by atoms with Gasteiger partial charge >= 0.3 is 0 Å². The SMILES string of the molecule is COCCOCCCCNC1CCc2cc(Cl)ccc21. The fourth-order valence-electron chi connectivity index (χ4n) is 2.65. The maximum atomic E-state index is 6.03. The van der Waals surface area contributed by atoms with Crippen LogP contribution in [0.25, 0.3) is 0 Å². The Balaban J connectivity index is 1.60. The molecule has 3 nitrogen and oxygen atoms in total. The van der Waals surface area contributed by atoms with E-state index in [2.05, 4.69) is 17.4 Å². The molecule has 0 fully saturated rings. The highest BCUT2D eigenvalue weighted by atomic mass is 35.5. The Kier molecular flexibility index (Phi) is 6.80. The van der Waals surface area contributed by atoms with Gasteiger partial charge in [-0.2, -0.15) is 0 Å². The van der Waals surface area contributed by atoms with E-state index >= 15 is 0 Å². The van der Waals surface area contributed by atoms with Crippen LogP contribution in [0.5, 0.6) is 0 Å². The second kappa shape index (κ2) is 8.63. The Morgan fingerprint density at radius 2 is 2.15 bits per heavy atom. The van der Waals surface area contributed by atoms with Crippen LogP contribution in [-0.4, -0.2) is 33.5 Å². The van der Waals surface area contributed by atoms with Crippen LogP contribution in [0.15, 0.2) is 18.2 Å². The van der Waals surface area contributed by atoms with Crippen LogP contribution in [0.2, 0.25) is 5.02 Å². The highest BCUT2D eigenvalue weighted by Crippen LogP contribution is 2.32. The van der Waals surface area contributed by atoms with Crippen molar-refractivity contribution in [2.45, 2.75) is 31.7 Å². The number of hydrogen-bond donors (Lipinski definition) is 1. The third-order valence-electron chi connectivity index (χ3n) is 3.72. The molecule has 0 heterocycles. The molecule has 0 aromatic heterocycles. The van der Waals surface area contributed by atoms with Gasteiger partial charge in [-0.25, -0.2) is 0 Å². The molecule has 1 aromatic rings.